The van der Waals surface area contributed by atoms with Gasteiger partial charge >= 0.3 is 5.63 Å². The zero-order chi connectivity index (χ0) is 16.4. The second-order valence-corrected chi connectivity index (χ2v) is 5.34. The average Bonchev–Trinajstić information content (AvgIpc) is 2.54. The monoisotopic (exact) mass is 308 g/mol. The van der Waals surface area contributed by atoms with Crippen LogP contribution < -0.4 is 16.7 Å². The van der Waals surface area contributed by atoms with E-state index >= 15 is 0 Å². The lowest BCUT2D eigenvalue weighted by Crippen LogP contribution is -2.32. The van der Waals surface area contributed by atoms with E-state index in [4.69, 9.17) is 10.2 Å². The Bertz CT molecular complexity index is 914. The molecule has 0 aliphatic carbocycles. The van der Waals surface area contributed by atoms with E-state index in [9.17, 15) is 9.59 Å². The van der Waals surface area contributed by atoms with Crippen LogP contribution in [0.1, 0.15) is 6.92 Å². The van der Waals surface area contributed by atoms with Crippen LogP contribution in [0.25, 0.3) is 22.1 Å². The summed E-state index contributed by atoms with van der Waals surface area (Å²) in [5, 5.41) is 3.45. The molecule has 3 N–H and O–H groups in total. The number of hydrogen-bond acceptors (Lipinski definition) is 4. The van der Waals surface area contributed by atoms with Crippen molar-refractivity contribution in [3.05, 3.63) is 65.0 Å². The van der Waals surface area contributed by atoms with Gasteiger partial charge in [0, 0.05) is 17.1 Å². The minimum absolute atomic E-state index is 0.299. The smallest absolute Gasteiger partial charge is 0.344 e. The normalized spacial score (nSPS) is 12.1. The van der Waals surface area contributed by atoms with Gasteiger partial charge in [-0.15, -0.1) is 0 Å². The van der Waals surface area contributed by atoms with Crippen LogP contribution >= 0.6 is 0 Å². The standard InChI is InChI=1S/C18H16N2O3/c1-11(19)17(21)20-14-8-7-13-9-15(12-5-3-2-4-6-12)18(22)23-16(13)10-14/h2-11H,19H2,1H3,(H,20,21)/t11-/m0/s1. The molecule has 1 atom stereocenters. The van der Waals surface area contributed by atoms with Gasteiger partial charge < -0.3 is 15.5 Å². The average molecular weight is 308 g/mol. The maximum absolute atomic E-state index is 12.2. The summed E-state index contributed by atoms with van der Waals surface area (Å²) < 4.78 is 5.39. The summed E-state index contributed by atoms with van der Waals surface area (Å²) >= 11 is 0. The molecule has 1 amide bonds. The SMILES string of the molecule is C[C@H](N)C(=O)Nc1ccc2cc(-c3ccccc3)c(=O)oc2c1. The number of benzene rings is 2. The Labute approximate surface area is 132 Å². The van der Waals surface area contributed by atoms with Gasteiger partial charge in [0.1, 0.15) is 5.58 Å². The highest BCUT2D eigenvalue weighted by molar-refractivity contribution is 5.96. The maximum Gasteiger partial charge on any atom is 0.344 e. The highest BCUT2D eigenvalue weighted by Crippen LogP contribution is 2.23. The first-order valence-corrected chi connectivity index (χ1v) is 7.24. The molecular weight excluding hydrogens is 292 g/mol. The molecule has 3 aromatic rings. The van der Waals surface area contributed by atoms with Gasteiger partial charge in [-0.3, -0.25) is 4.79 Å². The first-order valence-electron chi connectivity index (χ1n) is 7.24. The van der Waals surface area contributed by atoms with Crippen molar-refractivity contribution in [2.24, 2.45) is 5.73 Å². The third kappa shape index (κ3) is 3.14. The van der Waals surface area contributed by atoms with Gasteiger partial charge in [0.05, 0.1) is 11.6 Å². The summed E-state index contributed by atoms with van der Waals surface area (Å²) in [5.41, 5.74) is 7.36. The van der Waals surface area contributed by atoms with Gasteiger partial charge in [-0.2, -0.15) is 0 Å². The Morgan fingerprint density at radius 2 is 1.87 bits per heavy atom. The number of carbonyl (C=O) groups excluding carboxylic acids is 1. The Kier molecular flexibility index (Phi) is 3.95. The van der Waals surface area contributed by atoms with Crippen molar-refractivity contribution in [1.82, 2.24) is 0 Å². The minimum Gasteiger partial charge on any atom is -0.422 e. The summed E-state index contributed by atoms with van der Waals surface area (Å²) in [7, 11) is 0. The first-order chi connectivity index (χ1) is 11.0. The lowest BCUT2D eigenvalue weighted by molar-refractivity contribution is -0.117. The zero-order valence-corrected chi connectivity index (χ0v) is 12.6. The Balaban J connectivity index is 2.03. The molecule has 0 aliphatic rings. The van der Waals surface area contributed by atoms with Gasteiger partial charge in [0.15, 0.2) is 0 Å². The van der Waals surface area contributed by atoms with Crippen LogP contribution in [0.4, 0.5) is 5.69 Å². The van der Waals surface area contributed by atoms with Crippen molar-refractivity contribution < 1.29 is 9.21 Å². The molecule has 0 saturated heterocycles. The largest absolute Gasteiger partial charge is 0.422 e. The van der Waals surface area contributed by atoms with Crippen LogP contribution in [0.2, 0.25) is 0 Å². The van der Waals surface area contributed by atoms with Crippen LogP contribution in [0, 0.1) is 0 Å². The van der Waals surface area contributed by atoms with Crippen molar-refractivity contribution in [2.45, 2.75) is 13.0 Å². The number of anilines is 1. The van der Waals surface area contributed by atoms with Gasteiger partial charge in [-0.1, -0.05) is 30.3 Å². The van der Waals surface area contributed by atoms with E-state index in [2.05, 4.69) is 5.32 Å². The second-order valence-electron chi connectivity index (χ2n) is 5.34. The van der Waals surface area contributed by atoms with Crippen molar-refractivity contribution in [3.8, 4) is 11.1 Å². The number of fused-ring (bicyclic) bond motifs is 1. The number of carbonyl (C=O) groups is 1. The zero-order valence-electron chi connectivity index (χ0n) is 12.6. The third-order valence-corrected chi connectivity index (χ3v) is 3.50. The summed E-state index contributed by atoms with van der Waals surface area (Å²) in [4.78, 5) is 23.8. The van der Waals surface area contributed by atoms with Crippen molar-refractivity contribution in [2.75, 3.05) is 5.32 Å². The fourth-order valence-corrected chi connectivity index (χ4v) is 2.26. The number of amides is 1. The number of hydrogen-bond donors (Lipinski definition) is 2. The van der Waals surface area contributed by atoms with E-state index < -0.39 is 11.7 Å². The molecule has 0 aliphatic heterocycles. The van der Waals surface area contributed by atoms with E-state index in [0.29, 0.717) is 16.8 Å². The molecule has 1 heterocycles. The van der Waals surface area contributed by atoms with Crippen LogP contribution in [0.5, 0.6) is 0 Å². The molecule has 3 rings (SSSR count). The van der Waals surface area contributed by atoms with Crippen LogP contribution in [-0.2, 0) is 4.79 Å². The topological polar surface area (TPSA) is 85.3 Å². The molecule has 5 nitrogen and oxygen atoms in total. The molecule has 0 radical (unpaired) electrons. The molecule has 0 unspecified atom stereocenters. The van der Waals surface area contributed by atoms with E-state index in [1.165, 1.54) is 0 Å². The summed E-state index contributed by atoms with van der Waals surface area (Å²) in [6.45, 7) is 1.60. The lowest BCUT2D eigenvalue weighted by Gasteiger charge is -2.08. The number of rotatable bonds is 3. The third-order valence-electron chi connectivity index (χ3n) is 3.50. The number of nitrogens with one attached hydrogen (secondary N) is 1. The van der Waals surface area contributed by atoms with Gasteiger partial charge in [0.2, 0.25) is 5.91 Å². The summed E-state index contributed by atoms with van der Waals surface area (Å²) in [6, 6.07) is 15.7. The van der Waals surface area contributed by atoms with Crippen molar-refractivity contribution in [3.63, 3.8) is 0 Å². The highest BCUT2D eigenvalue weighted by Gasteiger charge is 2.10. The Hall–Kier alpha value is -2.92. The molecular formula is C18H16N2O3. The van der Waals surface area contributed by atoms with Gasteiger partial charge in [0.25, 0.3) is 0 Å². The van der Waals surface area contributed by atoms with E-state index in [1.54, 1.807) is 31.2 Å². The fourth-order valence-electron chi connectivity index (χ4n) is 2.26. The lowest BCUT2D eigenvalue weighted by atomic mass is 10.1. The maximum atomic E-state index is 12.2. The van der Waals surface area contributed by atoms with E-state index in [0.717, 1.165) is 10.9 Å². The van der Waals surface area contributed by atoms with Crippen molar-refractivity contribution in [1.29, 1.82) is 0 Å². The van der Waals surface area contributed by atoms with E-state index in [1.807, 2.05) is 30.3 Å². The molecule has 23 heavy (non-hydrogen) atoms. The van der Waals surface area contributed by atoms with E-state index in [-0.39, 0.29) is 5.91 Å². The molecule has 2 aromatic carbocycles. The molecule has 0 fully saturated rings. The quantitative estimate of drug-likeness (QED) is 0.729. The Morgan fingerprint density at radius 3 is 2.57 bits per heavy atom. The first kappa shape index (κ1) is 15.0. The molecule has 116 valence electrons. The number of nitrogens with two attached hydrogens (primary N) is 1. The molecule has 0 bridgehead atoms. The highest BCUT2D eigenvalue weighted by atomic mass is 16.4. The summed E-state index contributed by atoms with van der Waals surface area (Å²) in [6.07, 6.45) is 0. The van der Waals surface area contributed by atoms with Crippen molar-refractivity contribution >= 4 is 22.6 Å². The second kappa shape index (κ2) is 6.06. The fraction of sp³-hybridized carbons (Fsp3) is 0.111. The molecule has 5 heteroatoms. The predicted octanol–water partition coefficient (Wildman–Crippen LogP) is 2.75. The van der Waals surface area contributed by atoms with Gasteiger partial charge in [-0.25, -0.2) is 4.79 Å². The van der Waals surface area contributed by atoms with Crippen LogP contribution in [-0.4, -0.2) is 11.9 Å². The molecule has 0 spiro atoms. The van der Waals surface area contributed by atoms with Crippen LogP contribution in [0.15, 0.2) is 63.8 Å². The van der Waals surface area contributed by atoms with Gasteiger partial charge in [-0.05, 0) is 30.7 Å². The minimum atomic E-state index is -0.613. The predicted molar refractivity (Wildman–Crippen MR) is 90.2 cm³/mol. The Morgan fingerprint density at radius 1 is 1.13 bits per heavy atom. The molecule has 0 saturated carbocycles. The van der Waals surface area contributed by atoms with Crippen LogP contribution in [0.3, 0.4) is 0 Å². The summed E-state index contributed by atoms with van der Waals surface area (Å²) in [5.74, 6) is -0.299. The molecule has 1 aromatic heterocycles.